The van der Waals surface area contributed by atoms with Crippen LogP contribution in [-0.2, 0) is 6.54 Å². The molecule has 0 fully saturated rings. The normalized spacial score (nSPS) is 9.83. The number of nitrogens with zero attached hydrogens (tertiary/aromatic N) is 1. The molecule has 0 atom stereocenters. The minimum Gasteiger partial charge on any atom is -0.491 e. The third kappa shape index (κ3) is 1.65. The van der Waals surface area contributed by atoms with Crippen LogP contribution in [0.4, 0.5) is 0 Å². The summed E-state index contributed by atoms with van der Waals surface area (Å²) in [5, 5.41) is 0. The summed E-state index contributed by atoms with van der Waals surface area (Å²) in [6, 6.07) is 3.39. The van der Waals surface area contributed by atoms with E-state index >= 15 is 0 Å². The second-order valence-electron chi connectivity index (χ2n) is 2.36. The van der Waals surface area contributed by atoms with Gasteiger partial charge in [-0.2, -0.15) is 0 Å². The van der Waals surface area contributed by atoms with Crippen LogP contribution in [0, 0.1) is 0 Å². The second-order valence-corrected chi connectivity index (χ2v) is 2.36. The molecule has 1 aromatic heterocycles. The van der Waals surface area contributed by atoms with Crippen LogP contribution in [0.25, 0.3) is 0 Å². The molecule has 0 amide bonds. The van der Waals surface area contributed by atoms with Gasteiger partial charge in [0.1, 0.15) is 0 Å². The first-order valence-corrected chi connectivity index (χ1v) is 3.73. The number of hydrogen-bond donors (Lipinski definition) is 1. The van der Waals surface area contributed by atoms with Crippen molar-refractivity contribution in [3.05, 3.63) is 28.7 Å². The predicted molar refractivity (Wildman–Crippen MR) is 46.3 cm³/mol. The molecule has 12 heavy (non-hydrogen) atoms. The van der Waals surface area contributed by atoms with Gasteiger partial charge in [0.15, 0.2) is 5.75 Å². The van der Waals surface area contributed by atoms with Gasteiger partial charge in [-0.05, 0) is 12.1 Å². The molecular formula is C8H12N2O2. The first-order chi connectivity index (χ1) is 5.79. The Hall–Kier alpha value is -1.29. The molecule has 0 saturated carbocycles. The Labute approximate surface area is 70.6 Å². The van der Waals surface area contributed by atoms with Crippen LogP contribution >= 0.6 is 0 Å². The van der Waals surface area contributed by atoms with E-state index in [-0.39, 0.29) is 5.56 Å². The summed E-state index contributed by atoms with van der Waals surface area (Å²) in [6.07, 6.45) is 1.69. The molecule has 2 N–H and O–H groups in total. The molecule has 0 radical (unpaired) electrons. The van der Waals surface area contributed by atoms with Crippen molar-refractivity contribution < 1.29 is 4.74 Å². The second kappa shape index (κ2) is 3.92. The molecule has 0 unspecified atom stereocenters. The van der Waals surface area contributed by atoms with Crippen LogP contribution in [0.15, 0.2) is 23.1 Å². The zero-order valence-corrected chi connectivity index (χ0v) is 6.99. The van der Waals surface area contributed by atoms with Crippen molar-refractivity contribution in [1.82, 2.24) is 4.57 Å². The maximum absolute atomic E-state index is 11.4. The van der Waals surface area contributed by atoms with Gasteiger partial charge in [-0.15, -0.1) is 0 Å². The highest BCUT2D eigenvalue weighted by Crippen LogP contribution is 1.99. The summed E-state index contributed by atoms with van der Waals surface area (Å²) >= 11 is 0. The number of methoxy groups -OCH3 is 1. The molecule has 66 valence electrons. The first-order valence-electron chi connectivity index (χ1n) is 3.73. The minimum atomic E-state index is -0.134. The highest BCUT2D eigenvalue weighted by atomic mass is 16.5. The highest BCUT2D eigenvalue weighted by Gasteiger charge is 2.00. The van der Waals surface area contributed by atoms with Gasteiger partial charge in [-0.25, -0.2) is 0 Å². The van der Waals surface area contributed by atoms with Crippen molar-refractivity contribution in [2.45, 2.75) is 6.54 Å². The highest BCUT2D eigenvalue weighted by molar-refractivity contribution is 5.16. The van der Waals surface area contributed by atoms with Gasteiger partial charge in [-0.1, -0.05) is 0 Å². The van der Waals surface area contributed by atoms with Crippen LogP contribution in [0.1, 0.15) is 0 Å². The fourth-order valence-corrected chi connectivity index (χ4v) is 0.985. The van der Waals surface area contributed by atoms with E-state index in [1.54, 1.807) is 18.3 Å². The fourth-order valence-electron chi connectivity index (χ4n) is 0.985. The number of pyridine rings is 1. The molecule has 4 heteroatoms. The topological polar surface area (TPSA) is 57.2 Å². The maximum Gasteiger partial charge on any atom is 0.292 e. The largest absolute Gasteiger partial charge is 0.491 e. The number of aromatic nitrogens is 1. The first kappa shape index (κ1) is 8.80. The smallest absolute Gasteiger partial charge is 0.292 e. The van der Waals surface area contributed by atoms with E-state index in [1.165, 1.54) is 11.7 Å². The average Bonchev–Trinajstić information content (AvgIpc) is 2.09. The lowest BCUT2D eigenvalue weighted by Gasteiger charge is -2.04. The van der Waals surface area contributed by atoms with Crippen LogP contribution < -0.4 is 16.0 Å². The van der Waals surface area contributed by atoms with E-state index in [0.717, 1.165) is 0 Å². The Morgan fingerprint density at radius 1 is 1.67 bits per heavy atom. The zero-order valence-electron chi connectivity index (χ0n) is 6.99. The van der Waals surface area contributed by atoms with Crippen LogP contribution in [-0.4, -0.2) is 18.2 Å². The van der Waals surface area contributed by atoms with Gasteiger partial charge in [0.05, 0.1) is 7.11 Å². The van der Waals surface area contributed by atoms with Crippen LogP contribution in [0.2, 0.25) is 0 Å². The standard InChI is InChI=1S/C8H12N2O2/c1-12-7-3-2-5-10(6-4-9)8(7)11/h2-3,5H,4,6,9H2,1H3. The molecular weight excluding hydrogens is 156 g/mol. The van der Waals surface area contributed by atoms with E-state index in [4.69, 9.17) is 10.5 Å². The molecule has 0 aliphatic rings. The van der Waals surface area contributed by atoms with Crippen LogP contribution in [0.5, 0.6) is 5.75 Å². The van der Waals surface area contributed by atoms with Crippen LogP contribution in [0.3, 0.4) is 0 Å². The Kier molecular flexibility index (Phi) is 2.88. The zero-order chi connectivity index (χ0) is 8.97. The lowest BCUT2D eigenvalue weighted by molar-refractivity contribution is 0.402. The molecule has 0 saturated heterocycles. The maximum atomic E-state index is 11.4. The number of hydrogen-bond acceptors (Lipinski definition) is 3. The van der Waals surface area contributed by atoms with Gasteiger partial charge in [0, 0.05) is 19.3 Å². The molecule has 0 spiro atoms. The summed E-state index contributed by atoms with van der Waals surface area (Å²) in [7, 11) is 1.48. The molecule has 1 heterocycles. The number of nitrogens with two attached hydrogens (primary N) is 1. The van der Waals surface area contributed by atoms with E-state index in [0.29, 0.717) is 18.8 Å². The van der Waals surface area contributed by atoms with Crippen molar-refractivity contribution in [1.29, 1.82) is 0 Å². The lowest BCUT2D eigenvalue weighted by atomic mass is 10.4. The van der Waals surface area contributed by atoms with Gasteiger partial charge in [-0.3, -0.25) is 4.79 Å². The SMILES string of the molecule is COc1cccn(CCN)c1=O. The summed E-state index contributed by atoms with van der Waals surface area (Å²) in [5.41, 5.74) is 5.19. The third-order valence-electron chi connectivity index (χ3n) is 1.58. The van der Waals surface area contributed by atoms with Gasteiger partial charge in [0.25, 0.3) is 5.56 Å². The molecule has 0 bridgehead atoms. The summed E-state index contributed by atoms with van der Waals surface area (Å²) in [6.45, 7) is 0.975. The van der Waals surface area contributed by atoms with E-state index in [9.17, 15) is 4.79 Å². The Balaban J connectivity index is 3.06. The summed E-state index contributed by atoms with van der Waals surface area (Å²) in [4.78, 5) is 11.4. The monoisotopic (exact) mass is 168 g/mol. The Morgan fingerprint density at radius 3 is 3.00 bits per heavy atom. The average molecular weight is 168 g/mol. The summed E-state index contributed by atoms with van der Waals surface area (Å²) in [5.74, 6) is 0.353. The van der Waals surface area contributed by atoms with Gasteiger partial charge < -0.3 is 15.0 Å². The van der Waals surface area contributed by atoms with E-state index in [2.05, 4.69) is 0 Å². The molecule has 1 rings (SSSR count). The molecule has 0 aliphatic heterocycles. The minimum absolute atomic E-state index is 0.134. The van der Waals surface area contributed by atoms with Gasteiger partial charge in [0.2, 0.25) is 0 Å². The van der Waals surface area contributed by atoms with Crippen molar-refractivity contribution in [3.63, 3.8) is 0 Å². The predicted octanol–water partition coefficient (Wildman–Crippen LogP) is -0.184. The number of ether oxygens (including phenoxy) is 1. The van der Waals surface area contributed by atoms with Crippen molar-refractivity contribution in [2.24, 2.45) is 5.73 Å². The Bertz CT molecular complexity index is 306. The Morgan fingerprint density at radius 2 is 2.42 bits per heavy atom. The quantitative estimate of drug-likeness (QED) is 0.681. The van der Waals surface area contributed by atoms with Crippen molar-refractivity contribution >= 4 is 0 Å². The molecule has 0 aliphatic carbocycles. The summed E-state index contributed by atoms with van der Waals surface area (Å²) < 4.78 is 6.38. The third-order valence-corrected chi connectivity index (χ3v) is 1.58. The molecule has 4 nitrogen and oxygen atoms in total. The van der Waals surface area contributed by atoms with Crippen molar-refractivity contribution in [3.8, 4) is 5.75 Å². The van der Waals surface area contributed by atoms with Crippen molar-refractivity contribution in [2.75, 3.05) is 13.7 Å². The van der Waals surface area contributed by atoms with E-state index in [1.807, 2.05) is 0 Å². The molecule has 1 aromatic rings. The fraction of sp³-hybridized carbons (Fsp3) is 0.375. The number of rotatable bonds is 3. The van der Waals surface area contributed by atoms with Gasteiger partial charge >= 0.3 is 0 Å². The van der Waals surface area contributed by atoms with E-state index < -0.39 is 0 Å². The molecule has 0 aromatic carbocycles. The lowest BCUT2D eigenvalue weighted by Crippen LogP contribution is -2.23.